The standard InChI is InChI=1S/C10H11N3.C2H6/c1-8(2)7-13-11-9-5-3-4-6-10(9)12-13;1-2/h3-6H,1,7H2,2H3;1-2H3. The molecule has 3 nitrogen and oxygen atoms in total. The molecule has 0 radical (unpaired) electrons. The summed E-state index contributed by atoms with van der Waals surface area (Å²) in [4.78, 5) is 1.67. The van der Waals surface area contributed by atoms with Gasteiger partial charge in [0.2, 0.25) is 0 Å². The average molecular weight is 203 g/mol. The van der Waals surface area contributed by atoms with Crippen molar-refractivity contribution in [1.82, 2.24) is 15.0 Å². The second-order valence-corrected chi connectivity index (χ2v) is 3.18. The Balaban J connectivity index is 0.000000531. The van der Waals surface area contributed by atoms with Gasteiger partial charge in [-0.3, -0.25) is 0 Å². The van der Waals surface area contributed by atoms with Crippen LogP contribution in [0.2, 0.25) is 0 Å². The lowest BCUT2D eigenvalue weighted by molar-refractivity contribution is 0.594. The molecule has 0 amide bonds. The van der Waals surface area contributed by atoms with E-state index in [1.54, 1.807) is 4.80 Å². The third-order valence-corrected chi connectivity index (χ3v) is 1.74. The Morgan fingerprint density at radius 2 is 1.67 bits per heavy atom. The van der Waals surface area contributed by atoms with Gasteiger partial charge in [-0.2, -0.15) is 15.0 Å². The third kappa shape index (κ3) is 2.91. The van der Waals surface area contributed by atoms with Crippen LogP contribution in [0.4, 0.5) is 0 Å². The Morgan fingerprint density at radius 3 is 2.07 bits per heavy atom. The summed E-state index contributed by atoms with van der Waals surface area (Å²) in [6.07, 6.45) is 0. The largest absolute Gasteiger partial charge is 0.180 e. The van der Waals surface area contributed by atoms with E-state index in [1.165, 1.54) is 0 Å². The topological polar surface area (TPSA) is 30.7 Å². The van der Waals surface area contributed by atoms with Crippen molar-refractivity contribution in [2.24, 2.45) is 0 Å². The highest BCUT2D eigenvalue weighted by Crippen LogP contribution is 2.07. The average Bonchev–Trinajstić information content (AvgIpc) is 2.61. The van der Waals surface area contributed by atoms with Gasteiger partial charge < -0.3 is 0 Å². The number of aromatic nitrogens is 3. The Bertz CT molecular complexity index is 410. The molecule has 0 unspecified atom stereocenters. The molecule has 80 valence electrons. The second kappa shape index (κ2) is 5.29. The van der Waals surface area contributed by atoms with Gasteiger partial charge in [0.15, 0.2) is 0 Å². The fourth-order valence-electron chi connectivity index (χ4n) is 1.22. The maximum Gasteiger partial charge on any atom is 0.113 e. The predicted octanol–water partition coefficient (Wildman–Crippen LogP) is 3.03. The Morgan fingerprint density at radius 1 is 1.20 bits per heavy atom. The first kappa shape index (κ1) is 11.4. The van der Waals surface area contributed by atoms with Gasteiger partial charge >= 0.3 is 0 Å². The van der Waals surface area contributed by atoms with Crippen molar-refractivity contribution in [3.63, 3.8) is 0 Å². The Kier molecular flexibility index (Phi) is 4.03. The molecule has 0 saturated heterocycles. The van der Waals surface area contributed by atoms with E-state index in [0.717, 1.165) is 16.6 Å². The molecule has 0 N–H and O–H groups in total. The van der Waals surface area contributed by atoms with E-state index in [1.807, 2.05) is 45.0 Å². The molecular weight excluding hydrogens is 186 g/mol. The normalized spacial score (nSPS) is 9.53. The lowest BCUT2D eigenvalue weighted by Crippen LogP contribution is -2.02. The molecular formula is C12H17N3. The number of benzene rings is 1. The van der Waals surface area contributed by atoms with Gasteiger partial charge in [0.1, 0.15) is 11.0 Å². The van der Waals surface area contributed by atoms with E-state index in [-0.39, 0.29) is 0 Å². The molecule has 0 spiro atoms. The molecule has 1 heterocycles. The van der Waals surface area contributed by atoms with Gasteiger partial charge in [0.25, 0.3) is 0 Å². The van der Waals surface area contributed by atoms with E-state index in [4.69, 9.17) is 0 Å². The Labute approximate surface area is 90.4 Å². The van der Waals surface area contributed by atoms with Crippen molar-refractivity contribution < 1.29 is 0 Å². The fourth-order valence-corrected chi connectivity index (χ4v) is 1.22. The number of nitrogens with zero attached hydrogens (tertiary/aromatic N) is 3. The highest BCUT2D eigenvalue weighted by molar-refractivity contribution is 5.72. The number of allylic oxidation sites excluding steroid dienone is 1. The summed E-state index contributed by atoms with van der Waals surface area (Å²) in [7, 11) is 0. The molecule has 0 bridgehead atoms. The van der Waals surface area contributed by atoms with Gasteiger partial charge in [0.05, 0.1) is 6.54 Å². The highest BCUT2D eigenvalue weighted by atomic mass is 15.5. The molecule has 0 fully saturated rings. The van der Waals surface area contributed by atoms with Crippen LogP contribution in [0.5, 0.6) is 0 Å². The second-order valence-electron chi connectivity index (χ2n) is 3.18. The number of hydrogen-bond donors (Lipinski definition) is 0. The van der Waals surface area contributed by atoms with Crippen LogP contribution in [-0.4, -0.2) is 15.0 Å². The predicted molar refractivity (Wildman–Crippen MR) is 63.7 cm³/mol. The SMILES string of the molecule is C=C(C)Cn1nc2ccccc2n1.CC. The maximum atomic E-state index is 4.30. The lowest BCUT2D eigenvalue weighted by Gasteiger charge is -1.95. The van der Waals surface area contributed by atoms with Crippen molar-refractivity contribution in [1.29, 1.82) is 0 Å². The molecule has 2 aromatic rings. The van der Waals surface area contributed by atoms with Gasteiger partial charge in [0, 0.05) is 0 Å². The summed E-state index contributed by atoms with van der Waals surface area (Å²) in [5.41, 5.74) is 2.92. The van der Waals surface area contributed by atoms with Crippen molar-refractivity contribution in [3.8, 4) is 0 Å². The molecule has 1 aromatic heterocycles. The summed E-state index contributed by atoms with van der Waals surface area (Å²) in [5.74, 6) is 0. The van der Waals surface area contributed by atoms with Crippen molar-refractivity contribution in [2.45, 2.75) is 27.3 Å². The van der Waals surface area contributed by atoms with E-state index < -0.39 is 0 Å². The van der Waals surface area contributed by atoms with Crippen LogP contribution in [0.1, 0.15) is 20.8 Å². The van der Waals surface area contributed by atoms with Crippen LogP contribution in [0.25, 0.3) is 11.0 Å². The van der Waals surface area contributed by atoms with E-state index in [0.29, 0.717) is 6.54 Å². The van der Waals surface area contributed by atoms with Crippen molar-refractivity contribution in [3.05, 3.63) is 36.4 Å². The quantitative estimate of drug-likeness (QED) is 0.702. The van der Waals surface area contributed by atoms with Gasteiger partial charge in [-0.25, -0.2) is 0 Å². The van der Waals surface area contributed by atoms with Crippen LogP contribution in [0, 0.1) is 0 Å². The molecule has 0 saturated carbocycles. The van der Waals surface area contributed by atoms with Crippen LogP contribution < -0.4 is 0 Å². The molecule has 0 aliphatic heterocycles. The first-order chi connectivity index (χ1) is 7.25. The smallest absolute Gasteiger partial charge is 0.113 e. The molecule has 2 rings (SSSR count). The molecule has 0 aliphatic rings. The van der Waals surface area contributed by atoms with Crippen molar-refractivity contribution in [2.75, 3.05) is 0 Å². The Hall–Kier alpha value is -1.64. The maximum absolute atomic E-state index is 4.30. The monoisotopic (exact) mass is 203 g/mol. The van der Waals surface area contributed by atoms with Crippen molar-refractivity contribution >= 4 is 11.0 Å². The van der Waals surface area contributed by atoms with Gasteiger partial charge in [-0.15, -0.1) is 0 Å². The first-order valence-corrected chi connectivity index (χ1v) is 5.20. The van der Waals surface area contributed by atoms with Crippen LogP contribution in [0.3, 0.4) is 0 Å². The molecule has 0 aliphatic carbocycles. The minimum atomic E-state index is 0.689. The summed E-state index contributed by atoms with van der Waals surface area (Å²) in [5, 5.41) is 8.60. The zero-order chi connectivity index (χ0) is 11.3. The summed E-state index contributed by atoms with van der Waals surface area (Å²) in [6, 6.07) is 7.83. The van der Waals surface area contributed by atoms with Crippen LogP contribution in [0.15, 0.2) is 36.4 Å². The fraction of sp³-hybridized carbons (Fsp3) is 0.333. The zero-order valence-electron chi connectivity index (χ0n) is 9.57. The highest BCUT2D eigenvalue weighted by Gasteiger charge is 1.99. The number of fused-ring (bicyclic) bond motifs is 1. The minimum absolute atomic E-state index is 0.689. The molecule has 1 aromatic carbocycles. The molecule has 3 heteroatoms. The van der Waals surface area contributed by atoms with Gasteiger partial charge in [-0.1, -0.05) is 38.1 Å². The summed E-state index contributed by atoms with van der Waals surface area (Å²) >= 11 is 0. The van der Waals surface area contributed by atoms with Crippen LogP contribution in [-0.2, 0) is 6.54 Å². The third-order valence-electron chi connectivity index (χ3n) is 1.74. The number of rotatable bonds is 2. The van der Waals surface area contributed by atoms with Crippen LogP contribution >= 0.6 is 0 Å². The lowest BCUT2D eigenvalue weighted by atomic mass is 10.3. The van der Waals surface area contributed by atoms with E-state index in [2.05, 4.69) is 16.8 Å². The first-order valence-electron chi connectivity index (χ1n) is 5.20. The summed E-state index contributed by atoms with van der Waals surface area (Å²) < 4.78 is 0. The molecule has 0 atom stereocenters. The van der Waals surface area contributed by atoms with Gasteiger partial charge in [-0.05, 0) is 19.1 Å². The molecule has 15 heavy (non-hydrogen) atoms. The summed E-state index contributed by atoms with van der Waals surface area (Å²) in [6.45, 7) is 10.5. The van der Waals surface area contributed by atoms with E-state index in [9.17, 15) is 0 Å². The number of hydrogen-bond acceptors (Lipinski definition) is 2. The minimum Gasteiger partial charge on any atom is -0.180 e. The zero-order valence-corrected chi connectivity index (χ0v) is 9.57. The van der Waals surface area contributed by atoms with E-state index >= 15 is 0 Å².